The fourth-order valence-electron chi connectivity index (χ4n) is 5.53. The van der Waals surface area contributed by atoms with Crippen LogP contribution in [-0.2, 0) is 4.74 Å². The Morgan fingerprint density at radius 1 is 0.951 bits per heavy atom. The minimum absolute atomic E-state index is 0.221. The van der Waals surface area contributed by atoms with Crippen LogP contribution in [0.15, 0.2) is 97.3 Å². The number of rotatable bonds is 6. The number of carbonyl (C=O) groups is 1. The van der Waals surface area contributed by atoms with E-state index < -0.39 is 0 Å². The minimum atomic E-state index is -0.333. The number of hydrogen-bond acceptors (Lipinski definition) is 6. The highest BCUT2D eigenvalue weighted by atomic mass is 35.5. The third-order valence-corrected chi connectivity index (χ3v) is 8.05. The van der Waals surface area contributed by atoms with Crippen molar-refractivity contribution < 1.29 is 9.53 Å². The molecule has 0 bridgehead atoms. The van der Waals surface area contributed by atoms with E-state index in [1.54, 1.807) is 30.5 Å². The lowest BCUT2D eigenvalue weighted by molar-refractivity contribution is 0.0341. The van der Waals surface area contributed by atoms with Gasteiger partial charge in [0, 0.05) is 40.5 Å². The van der Waals surface area contributed by atoms with Gasteiger partial charge in [0.2, 0.25) is 0 Å². The van der Waals surface area contributed by atoms with Gasteiger partial charge in [0.25, 0.3) is 0 Å². The number of anilines is 1. The molecule has 0 saturated heterocycles. The first-order valence-electron chi connectivity index (χ1n) is 13.6. The summed E-state index contributed by atoms with van der Waals surface area (Å²) in [4.78, 5) is 26.8. The van der Waals surface area contributed by atoms with E-state index in [9.17, 15) is 4.79 Å². The number of aromatic nitrogens is 4. The first-order valence-corrected chi connectivity index (χ1v) is 13.9. The van der Waals surface area contributed by atoms with E-state index in [0.29, 0.717) is 23.0 Å². The van der Waals surface area contributed by atoms with E-state index in [4.69, 9.17) is 32.0 Å². The van der Waals surface area contributed by atoms with Crippen LogP contribution in [0.3, 0.4) is 0 Å². The fraction of sp³-hybridized carbons (Fsp3) is 0.152. The number of carbonyl (C=O) groups excluding carboxylic acids is 1. The van der Waals surface area contributed by atoms with Gasteiger partial charge in [-0.3, -0.25) is 4.40 Å². The second-order valence-electron chi connectivity index (χ2n) is 10.5. The Labute approximate surface area is 241 Å². The maximum Gasteiger partial charge on any atom is 0.338 e. The summed E-state index contributed by atoms with van der Waals surface area (Å²) in [6, 6.07) is 27.2. The molecule has 0 radical (unpaired) electrons. The van der Waals surface area contributed by atoms with Crippen LogP contribution in [-0.4, -0.2) is 31.9 Å². The van der Waals surface area contributed by atoms with Gasteiger partial charge >= 0.3 is 5.97 Å². The van der Waals surface area contributed by atoms with E-state index in [0.717, 1.165) is 57.6 Å². The van der Waals surface area contributed by atoms with Crippen molar-refractivity contribution >= 4 is 39.7 Å². The van der Waals surface area contributed by atoms with Crippen molar-refractivity contribution in [3.8, 4) is 22.5 Å². The average Bonchev–Trinajstić information content (AvgIpc) is 3.37. The monoisotopic (exact) mass is 559 g/mol. The molecule has 3 heterocycles. The Morgan fingerprint density at radius 2 is 1.73 bits per heavy atom. The van der Waals surface area contributed by atoms with E-state index >= 15 is 0 Å². The molecule has 1 aliphatic rings. The Morgan fingerprint density at radius 3 is 2.54 bits per heavy atom. The molecule has 0 spiro atoms. The van der Waals surface area contributed by atoms with Gasteiger partial charge < -0.3 is 10.5 Å². The number of benzene rings is 3. The minimum Gasteiger partial charge on any atom is -0.462 e. The fourth-order valence-corrected chi connectivity index (χ4v) is 5.76. The largest absolute Gasteiger partial charge is 0.462 e. The number of hydrogen-bond donors (Lipinski definition) is 1. The molecule has 3 aromatic carbocycles. The van der Waals surface area contributed by atoms with Crippen molar-refractivity contribution in [1.82, 2.24) is 19.4 Å². The zero-order valence-electron chi connectivity index (χ0n) is 22.1. The molecular weight excluding hydrogens is 534 g/mol. The third-order valence-electron chi connectivity index (χ3n) is 7.77. The molecular formula is C33H26ClN5O2. The summed E-state index contributed by atoms with van der Waals surface area (Å²) in [6.45, 7) is 0.373. The van der Waals surface area contributed by atoms with Gasteiger partial charge in [-0.1, -0.05) is 60.1 Å². The van der Waals surface area contributed by atoms with Crippen molar-refractivity contribution in [3.63, 3.8) is 0 Å². The summed E-state index contributed by atoms with van der Waals surface area (Å²) in [6.07, 6.45) is 5.34. The summed E-state index contributed by atoms with van der Waals surface area (Å²) < 4.78 is 7.62. The topological polar surface area (TPSA) is 95.4 Å². The first kappa shape index (κ1) is 25.2. The predicted octanol–water partition coefficient (Wildman–Crippen LogP) is 7.20. The number of nitrogens with two attached hydrogens (primary N) is 1. The highest BCUT2D eigenvalue weighted by Gasteiger charge is 2.35. The lowest BCUT2D eigenvalue weighted by Crippen LogP contribution is -2.28. The molecule has 2 N–H and O–H groups in total. The van der Waals surface area contributed by atoms with Gasteiger partial charge in [0.15, 0.2) is 5.15 Å². The lowest BCUT2D eigenvalue weighted by atomic mass is 9.75. The predicted molar refractivity (Wildman–Crippen MR) is 161 cm³/mol. The van der Waals surface area contributed by atoms with Crippen LogP contribution in [0.1, 0.15) is 34.9 Å². The standard InChI is InChI=1S/C33H26ClN5O2/c34-31-30-29(24-7-6-22-10-13-27(37-28(22)18-24)21-4-2-1-3-5-21)38-32(39(30)15-14-36-31)25-16-20(17-25)19-41-33(40)23-8-11-26(35)12-9-23/h1-15,18,20,25H,16-17,19,35H2/t20-,25+. The molecule has 1 aliphatic carbocycles. The smallest absolute Gasteiger partial charge is 0.338 e. The summed E-state index contributed by atoms with van der Waals surface area (Å²) in [5.74, 6) is 1.09. The van der Waals surface area contributed by atoms with Crippen LogP contribution < -0.4 is 5.73 Å². The van der Waals surface area contributed by atoms with E-state index in [1.807, 2.05) is 34.9 Å². The van der Waals surface area contributed by atoms with Crippen LogP contribution >= 0.6 is 11.6 Å². The number of esters is 1. The average molecular weight is 560 g/mol. The van der Waals surface area contributed by atoms with Gasteiger partial charge in [0.1, 0.15) is 11.3 Å². The zero-order chi connectivity index (χ0) is 27.9. The molecule has 6 aromatic rings. The van der Waals surface area contributed by atoms with Crippen molar-refractivity contribution in [1.29, 1.82) is 0 Å². The second-order valence-corrected chi connectivity index (χ2v) is 10.8. The summed E-state index contributed by atoms with van der Waals surface area (Å²) in [5, 5.41) is 1.46. The first-order chi connectivity index (χ1) is 20.0. The summed E-state index contributed by atoms with van der Waals surface area (Å²) in [5.41, 5.74) is 12.2. The molecule has 3 aromatic heterocycles. The summed E-state index contributed by atoms with van der Waals surface area (Å²) in [7, 11) is 0. The van der Waals surface area contributed by atoms with Gasteiger partial charge in [-0.25, -0.2) is 19.7 Å². The van der Waals surface area contributed by atoms with Crippen LogP contribution in [0.4, 0.5) is 5.69 Å². The second kappa shape index (κ2) is 10.3. The maximum atomic E-state index is 12.4. The molecule has 0 aliphatic heterocycles. The number of nitrogen functional groups attached to an aromatic ring is 1. The Bertz CT molecular complexity index is 1900. The van der Waals surface area contributed by atoms with Gasteiger partial charge in [0.05, 0.1) is 29.1 Å². The van der Waals surface area contributed by atoms with Crippen molar-refractivity contribution in [2.75, 3.05) is 12.3 Å². The van der Waals surface area contributed by atoms with Crippen LogP contribution in [0.25, 0.3) is 38.9 Å². The highest BCUT2D eigenvalue weighted by Crippen LogP contribution is 2.43. The number of fused-ring (bicyclic) bond motifs is 2. The van der Waals surface area contributed by atoms with Crippen molar-refractivity contribution in [2.45, 2.75) is 18.8 Å². The third kappa shape index (κ3) is 4.78. The molecule has 0 unspecified atom stereocenters. The molecule has 7 nitrogen and oxygen atoms in total. The maximum absolute atomic E-state index is 12.4. The molecule has 202 valence electrons. The Kier molecular flexibility index (Phi) is 6.36. The molecule has 1 saturated carbocycles. The van der Waals surface area contributed by atoms with E-state index in [2.05, 4.69) is 41.4 Å². The molecule has 0 atom stereocenters. The van der Waals surface area contributed by atoms with Gasteiger partial charge in [-0.05, 0) is 55.2 Å². The van der Waals surface area contributed by atoms with Gasteiger partial charge in [-0.15, -0.1) is 0 Å². The van der Waals surface area contributed by atoms with E-state index in [1.165, 1.54) is 0 Å². The SMILES string of the molecule is Nc1ccc(C(=O)OC[C@H]2C[C@@H](c3nc(-c4ccc5ccc(-c6ccccc6)nc5c4)c4c(Cl)nccn43)C2)cc1. The molecule has 8 heteroatoms. The number of imidazole rings is 1. The van der Waals surface area contributed by atoms with Crippen molar-refractivity contribution in [3.05, 3.63) is 114 Å². The van der Waals surface area contributed by atoms with Crippen LogP contribution in [0.2, 0.25) is 5.15 Å². The highest BCUT2D eigenvalue weighted by molar-refractivity contribution is 6.33. The quantitative estimate of drug-likeness (QED) is 0.171. The zero-order valence-corrected chi connectivity index (χ0v) is 22.8. The van der Waals surface area contributed by atoms with Gasteiger partial charge in [-0.2, -0.15) is 0 Å². The molecule has 0 amide bonds. The number of halogens is 1. The molecule has 1 fully saturated rings. The lowest BCUT2D eigenvalue weighted by Gasteiger charge is -2.34. The Hall–Kier alpha value is -4.75. The number of nitrogens with zero attached hydrogens (tertiary/aromatic N) is 4. The Balaban J connectivity index is 1.15. The van der Waals surface area contributed by atoms with Crippen LogP contribution in [0, 0.1) is 5.92 Å². The number of pyridine rings is 1. The summed E-state index contributed by atoms with van der Waals surface area (Å²) >= 11 is 6.64. The molecule has 7 rings (SSSR count). The van der Waals surface area contributed by atoms with E-state index in [-0.39, 0.29) is 17.8 Å². The van der Waals surface area contributed by atoms with Crippen LogP contribution in [0.5, 0.6) is 0 Å². The van der Waals surface area contributed by atoms with Crippen molar-refractivity contribution in [2.24, 2.45) is 5.92 Å². The molecule has 41 heavy (non-hydrogen) atoms. The normalized spacial score (nSPS) is 16.5. The number of ether oxygens (including phenoxy) is 1.